The fourth-order valence-electron chi connectivity index (χ4n) is 2.05. The molecule has 6 heteroatoms. The molecule has 4 N–H and O–H groups in total. The number of amides is 2. The highest BCUT2D eigenvalue weighted by Gasteiger charge is 2.14. The van der Waals surface area contributed by atoms with Crippen molar-refractivity contribution in [3.8, 4) is 0 Å². The highest BCUT2D eigenvalue weighted by atomic mass is 16.2. The van der Waals surface area contributed by atoms with Gasteiger partial charge in [-0.3, -0.25) is 9.59 Å². The van der Waals surface area contributed by atoms with E-state index in [0.717, 1.165) is 5.52 Å². The van der Waals surface area contributed by atoms with Gasteiger partial charge in [-0.25, -0.2) is 4.98 Å². The van der Waals surface area contributed by atoms with Gasteiger partial charge in [0.25, 0.3) is 11.8 Å². The summed E-state index contributed by atoms with van der Waals surface area (Å²) < 4.78 is 0. The van der Waals surface area contributed by atoms with Gasteiger partial charge < -0.3 is 16.0 Å². The van der Waals surface area contributed by atoms with Crippen molar-refractivity contribution in [2.24, 2.45) is 5.73 Å². The molecule has 3 aromatic rings. The molecule has 0 saturated carbocycles. The molecule has 0 spiro atoms. The maximum Gasteiger partial charge on any atom is 0.291 e. The van der Waals surface area contributed by atoms with E-state index in [1.54, 1.807) is 30.3 Å². The minimum absolute atomic E-state index is 0.176. The van der Waals surface area contributed by atoms with E-state index in [0.29, 0.717) is 11.2 Å². The maximum atomic E-state index is 12.2. The predicted octanol–water partition coefficient (Wildman–Crippen LogP) is 1.91. The number of imidazole rings is 1. The van der Waals surface area contributed by atoms with E-state index in [4.69, 9.17) is 5.73 Å². The van der Waals surface area contributed by atoms with Crippen LogP contribution < -0.4 is 11.1 Å². The highest BCUT2D eigenvalue weighted by molar-refractivity contribution is 6.08. The molecule has 0 saturated heterocycles. The smallest absolute Gasteiger partial charge is 0.291 e. The number of carbonyl (C=O) groups is 2. The van der Waals surface area contributed by atoms with Gasteiger partial charge in [0.05, 0.1) is 22.3 Å². The molecular weight excluding hydrogens is 268 g/mol. The lowest BCUT2D eigenvalue weighted by molar-refractivity contribution is 0.100. The first kappa shape index (κ1) is 12.9. The van der Waals surface area contributed by atoms with Crippen LogP contribution in [0.5, 0.6) is 0 Å². The third kappa shape index (κ3) is 2.46. The van der Waals surface area contributed by atoms with Crippen molar-refractivity contribution in [1.82, 2.24) is 9.97 Å². The Labute approximate surface area is 120 Å². The molecule has 1 aromatic heterocycles. The Morgan fingerprint density at radius 2 is 1.76 bits per heavy atom. The number of aromatic nitrogens is 2. The number of aromatic amines is 1. The van der Waals surface area contributed by atoms with Crippen molar-refractivity contribution in [3.05, 3.63) is 59.9 Å². The Kier molecular flexibility index (Phi) is 3.12. The number of fused-ring (bicyclic) bond motifs is 1. The average molecular weight is 280 g/mol. The number of nitrogens with two attached hydrogens (primary N) is 1. The minimum Gasteiger partial charge on any atom is -0.366 e. The van der Waals surface area contributed by atoms with Crippen LogP contribution in [0.4, 0.5) is 5.69 Å². The first-order valence-corrected chi connectivity index (χ1v) is 6.30. The number of rotatable bonds is 3. The summed E-state index contributed by atoms with van der Waals surface area (Å²) in [5, 5.41) is 2.64. The van der Waals surface area contributed by atoms with E-state index in [-0.39, 0.29) is 11.4 Å². The van der Waals surface area contributed by atoms with E-state index >= 15 is 0 Å². The van der Waals surface area contributed by atoms with Crippen LogP contribution in [0.25, 0.3) is 11.0 Å². The molecule has 0 atom stereocenters. The number of nitrogens with zero attached hydrogens (tertiary/aromatic N) is 1. The molecule has 3 rings (SSSR count). The van der Waals surface area contributed by atoms with Gasteiger partial charge in [0.2, 0.25) is 0 Å². The number of para-hydroxylation sites is 3. The zero-order valence-electron chi connectivity index (χ0n) is 11.0. The molecule has 2 amide bonds. The number of H-pyrrole nitrogens is 1. The van der Waals surface area contributed by atoms with Crippen LogP contribution >= 0.6 is 0 Å². The molecule has 2 aromatic carbocycles. The molecule has 21 heavy (non-hydrogen) atoms. The number of carbonyl (C=O) groups excluding carboxylic acids is 2. The van der Waals surface area contributed by atoms with Gasteiger partial charge in [-0.05, 0) is 24.3 Å². The van der Waals surface area contributed by atoms with Gasteiger partial charge in [-0.15, -0.1) is 0 Å². The molecule has 0 aliphatic heterocycles. The van der Waals surface area contributed by atoms with E-state index in [1.165, 1.54) is 0 Å². The Hall–Kier alpha value is -3.15. The van der Waals surface area contributed by atoms with Gasteiger partial charge in [-0.2, -0.15) is 0 Å². The van der Waals surface area contributed by atoms with Crippen LogP contribution in [-0.2, 0) is 0 Å². The number of hydrogen-bond acceptors (Lipinski definition) is 3. The highest BCUT2D eigenvalue weighted by Crippen LogP contribution is 2.16. The van der Waals surface area contributed by atoms with Crippen molar-refractivity contribution in [2.45, 2.75) is 0 Å². The zero-order valence-corrected chi connectivity index (χ0v) is 11.0. The molecule has 0 radical (unpaired) electrons. The summed E-state index contributed by atoms with van der Waals surface area (Å²) in [6, 6.07) is 13.9. The van der Waals surface area contributed by atoms with Crippen molar-refractivity contribution in [3.63, 3.8) is 0 Å². The fourth-order valence-corrected chi connectivity index (χ4v) is 2.05. The molecule has 0 bridgehead atoms. The summed E-state index contributed by atoms with van der Waals surface area (Å²) in [7, 11) is 0. The first-order chi connectivity index (χ1) is 10.1. The standard InChI is InChI=1S/C15H12N4O2/c16-13(20)9-5-1-2-6-10(9)19-15(21)14-17-11-7-3-4-8-12(11)18-14/h1-8H,(H2,16,20)(H,17,18)(H,19,21). The Bertz CT molecular complexity index is 805. The van der Waals surface area contributed by atoms with Crippen LogP contribution in [0.2, 0.25) is 0 Å². The third-order valence-electron chi connectivity index (χ3n) is 3.05. The van der Waals surface area contributed by atoms with Gasteiger partial charge in [0.15, 0.2) is 5.82 Å². The number of nitrogens with one attached hydrogen (secondary N) is 2. The molecule has 0 aliphatic carbocycles. The molecule has 1 heterocycles. The van der Waals surface area contributed by atoms with Crippen molar-refractivity contribution < 1.29 is 9.59 Å². The lowest BCUT2D eigenvalue weighted by Gasteiger charge is -2.06. The summed E-state index contributed by atoms with van der Waals surface area (Å²) in [5.41, 5.74) is 7.35. The topological polar surface area (TPSA) is 101 Å². The van der Waals surface area contributed by atoms with Crippen molar-refractivity contribution in [1.29, 1.82) is 0 Å². The normalized spacial score (nSPS) is 10.5. The molecule has 6 nitrogen and oxygen atoms in total. The van der Waals surface area contributed by atoms with Crippen LogP contribution in [0.15, 0.2) is 48.5 Å². The number of hydrogen-bond donors (Lipinski definition) is 3. The largest absolute Gasteiger partial charge is 0.366 e. The second-order valence-electron chi connectivity index (χ2n) is 4.47. The number of primary amides is 1. The monoisotopic (exact) mass is 280 g/mol. The summed E-state index contributed by atoms with van der Waals surface area (Å²) in [5.74, 6) is -0.856. The van der Waals surface area contributed by atoms with Gasteiger partial charge >= 0.3 is 0 Å². The molecule has 0 aliphatic rings. The number of benzene rings is 2. The SMILES string of the molecule is NC(=O)c1ccccc1NC(=O)c1nc2ccccc2[nH]1. The lowest BCUT2D eigenvalue weighted by atomic mass is 10.1. The summed E-state index contributed by atoms with van der Waals surface area (Å²) in [6.45, 7) is 0. The Balaban J connectivity index is 1.91. The molecule has 104 valence electrons. The van der Waals surface area contributed by atoms with Gasteiger partial charge in [0.1, 0.15) is 0 Å². The van der Waals surface area contributed by atoms with E-state index in [9.17, 15) is 9.59 Å². The summed E-state index contributed by atoms with van der Waals surface area (Å²) in [4.78, 5) is 30.7. The fraction of sp³-hybridized carbons (Fsp3) is 0. The molecule has 0 fully saturated rings. The van der Waals surface area contributed by atoms with Crippen LogP contribution in [-0.4, -0.2) is 21.8 Å². The van der Waals surface area contributed by atoms with Crippen molar-refractivity contribution >= 4 is 28.5 Å². The minimum atomic E-state index is -0.601. The molecule has 0 unspecified atom stereocenters. The Morgan fingerprint density at radius 3 is 2.52 bits per heavy atom. The van der Waals surface area contributed by atoms with Gasteiger partial charge in [-0.1, -0.05) is 24.3 Å². The third-order valence-corrected chi connectivity index (χ3v) is 3.05. The summed E-state index contributed by atoms with van der Waals surface area (Å²) in [6.07, 6.45) is 0. The van der Waals surface area contributed by atoms with E-state index in [1.807, 2.05) is 18.2 Å². The van der Waals surface area contributed by atoms with Gasteiger partial charge in [0, 0.05) is 0 Å². The average Bonchev–Trinajstić information content (AvgIpc) is 2.91. The molecular formula is C15H12N4O2. The van der Waals surface area contributed by atoms with E-state index in [2.05, 4.69) is 15.3 Å². The summed E-state index contributed by atoms with van der Waals surface area (Å²) >= 11 is 0. The van der Waals surface area contributed by atoms with Crippen LogP contribution in [0.1, 0.15) is 21.0 Å². The van der Waals surface area contributed by atoms with E-state index < -0.39 is 11.8 Å². The first-order valence-electron chi connectivity index (χ1n) is 6.30. The Morgan fingerprint density at radius 1 is 1.05 bits per heavy atom. The number of anilines is 1. The zero-order chi connectivity index (χ0) is 14.8. The van der Waals surface area contributed by atoms with Crippen LogP contribution in [0.3, 0.4) is 0 Å². The second-order valence-corrected chi connectivity index (χ2v) is 4.47. The maximum absolute atomic E-state index is 12.2. The predicted molar refractivity (Wildman–Crippen MR) is 79.0 cm³/mol. The van der Waals surface area contributed by atoms with Crippen molar-refractivity contribution in [2.75, 3.05) is 5.32 Å². The quantitative estimate of drug-likeness (QED) is 0.683. The van der Waals surface area contributed by atoms with Crippen LogP contribution in [0, 0.1) is 0 Å². The lowest BCUT2D eigenvalue weighted by Crippen LogP contribution is -2.19. The second kappa shape index (κ2) is 5.09.